The minimum Gasteiger partial charge on any atom is -0.341 e. The summed E-state index contributed by atoms with van der Waals surface area (Å²) in [6.45, 7) is 3.69. The first-order valence-corrected chi connectivity index (χ1v) is 7.28. The zero-order valence-corrected chi connectivity index (χ0v) is 13.1. The van der Waals surface area contributed by atoms with Crippen molar-refractivity contribution < 1.29 is 9.59 Å². The lowest BCUT2D eigenvalue weighted by molar-refractivity contribution is -0.136. The lowest BCUT2D eigenvalue weighted by Crippen LogP contribution is -2.36. The molecule has 2 aromatic carbocycles. The summed E-state index contributed by atoms with van der Waals surface area (Å²) in [5.41, 5.74) is 2.33. The monoisotopic (exact) mass is 316 g/mol. The second-order valence-electron chi connectivity index (χ2n) is 5.02. The van der Waals surface area contributed by atoms with E-state index in [1.54, 1.807) is 18.2 Å². The van der Waals surface area contributed by atoms with Gasteiger partial charge in [0, 0.05) is 10.7 Å². The number of nitrogens with one attached hydrogen (secondary N) is 2. The molecule has 0 heterocycles. The normalized spacial score (nSPS) is 11.6. The Hall–Kier alpha value is -2.33. The Balaban J connectivity index is 1.97. The molecule has 2 amide bonds. The lowest BCUT2D eigenvalue weighted by Gasteiger charge is -2.14. The zero-order chi connectivity index (χ0) is 16.1. The number of rotatable bonds is 3. The molecule has 4 nitrogen and oxygen atoms in total. The third-order valence-corrected chi connectivity index (χ3v) is 3.69. The van der Waals surface area contributed by atoms with Crippen LogP contribution in [0.1, 0.15) is 24.1 Å². The summed E-state index contributed by atoms with van der Waals surface area (Å²) < 4.78 is 0. The Morgan fingerprint density at radius 1 is 1.05 bits per heavy atom. The highest BCUT2D eigenvalue weighted by molar-refractivity contribution is 6.40. The van der Waals surface area contributed by atoms with E-state index in [-0.39, 0.29) is 6.04 Å². The van der Waals surface area contributed by atoms with Gasteiger partial charge in [0.15, 0.2) is 0 Å². The van der Waals surface area contributed by atoms with Crippen molar-refractivity contribution in [1.29, 1.82) is 0 Å². The first-order valence-electron chi connectivity index (χ1n) is 6.90. The van der Waals surface area contributed by atoms with Crippen molar-refractivity contribution in [2.75, 3.05) is 5.32 Å². The van der Waals surface area contributed by atoms with Crippen LogP contribution in [-0.2, 0) is 9.59 Å². The van der Waals surface area contributed by atoms with Gasteiger partial charge in [-0.3, -0.25) is 9.59 Å². The molecule has 1 atom stereocenters. The van der Waals surface area contributed by atoms with Crippen molar-refractivity contribution in [2.45, 2.75) is 19.9 Å². The van der Waals surface area contributed by atoms with Crippen LogP contribution >= 0.6 is 11.6 Å². The van der Waals surface area contributed by atoms with Crippen molar-refractivity contribution in [3.8, 4) is 0 Å². The molecule has 0 fully saturated rings. The predicted octanol–water partition coefficient (Wildman–Crippen LogP) is 3.46. The van der Waals surface area contributed by atoms with Gasteiger partial charge in [-0.05, 0) is 37.1 Å². The van der Waals surface area contributed by atoms with Gasteiger partial charge in [-0.15, -0.1) is 0 Å². The molecule has 0 radical (unpaired) electrons. The van der Waals surface area contributed by atoms with Gasteiger partial charge in [0.2, 0.25) is 0 Å². The third-order valence-electron chi connectivity index (χ3n) is 3.28. The van der Waals surface area contributed by atoms with Crippen molar-refractivity contribution in [3.05, 3.63) is 64.7 Å². The highest BCUT2D eigenvalue weighted by atomic mass is 35.5. The van der Waals surface area contributed by atoms with E-state index in [0.29, 0.717) is 10.7 Å². The molecule has 0 aromatic heterocycles. The maximum absolute atomic E-state index is 11.9. The van der Waals surface area contributed by atoms with E-state index in [4.69, 9.17) is 11.6 Å². The van der Waals surface area contributed by atoms with Gasteiger partial charge in [-0.2, -0.15) is 0 Å². The van der Waals surface area contributed by atoms with Crippen molar-refractivity contribution in [1.82, 2.24) is 5.32 Å². The van der Waals surface area contributed by atoms with E-state index in [2.05, 4.69) is 10.6 Å². The topological polar surface area (TPSA) is 58.2 Å². The molecule has 2 N–H and O–H groups in total. The second-order valence-corrected chi connectivity index (χ2v) is 5.43. The van der Waals surface area contributed by atoms with E-state index >= 15 is 0 Å². The van der Waals surface area contributed by atoms with E-state index in [1.165, 1.54) is 0 Å². The first kappa shape index (κ1) is 16.0. The lowest BCUT2D eigenvalue weighted by atomic mass is 10.1. The third kappa shape index (κ3) is 4.09. The Bertz CT molecular complexity index is 686. The Morgan fingerprint density at radius 2 is 1.73 bits per heavy atom. The van der Waals surface area contributed by atoms with Crippen LogP contribution in [0.15, 0.2) is 48.5 Å². The fraction of sp³-hybridized carbons (Fsp3) is 0.176. The smallest absolute Gasteiger partial charge is 0.313 e. The molecule has 0 aliphatic carbocycles. The highest BCUT2D eigenvalue weighted by Crippen LogP contribution is 2.20. The quantitative estimate of drug-likeness (QED) is 0.852. The summed E-state index contributed by atoms with van der Waals surface area (Å²) in [4.78, 5) is 23.8. The van der Waals surface area contributed by atoms with Crippen LogP contribution in [0.4, 0.5) is 5.69 Å². The molecular weight excluding hydrogens is 300 g/mol. The fourth-order valence-corrected chi connectivity index (χ4v) is 2.13. The summed E-state index contributed by atoms with van der Waals surface area (Å²) in [7, 11) is 0. The van der Waals surface area contributed by atoms with Crippen molar-refractivity contribution in [3.63, 3.8) is 0 Å². The number of hydrogen-bond donors (Lipinski definition) is 2. The molecule has 5 heteroatoms. The Kier molecular flexibility index (Phi) is 5.17. The minimum atomic E-state index is -0.720. The highest BCUT2D eigenvalue weighted by Gasteiger charge is 2.17. The summed E-state index contributed by atoms with van der Waals surface area (Å²) in [6, 6.07) is 14.3. The number of hydrogen-bond acceptors (Lipinski definition) is 2. The molecule has 2 rings (SSSR count). The van der Waals surface area contributed by atoms with Crippen molar-refractivity contribution >= 4 is 29.1 Å². The number of carbonyl (C=O) groups excluding carboxylic acids is 2. The van der Waals surface area contributed by atoms with Gasteiger partial charge < -0.3 is 10.6 Å². The molecule has 2 aromatic rings. The van der Waals surface area contributed by atoms with Gasteiger partial charge in [-0.25, -0.2) is 0 Å². The zero-order valence-electron chi connectivity index (χ0n) is 12.4. The number of amides is 2. The van der Waals surface area contributed by atoms with Crippen LogP contribution in [0.3, 0.4) is 0 Å². The van der Waals surface area contributed by atoms with Crippen LogP contribution in [-0.4, -0.2) is 11.8 Å². The largest absolute Gasteiger partial charge is 0.341 e. The number of carbonyl (C=O) groups is 2. The predicted molar refractivity (Wildman–Crippen MR) is 87.8 cm³/mol. The molecule has 0 spiro atoms. The van der Waals surface area contributed by atoms with Gasteiger partial charge in [-0.1, -0.05) is 48.0 Å². The molecule has 0 saturated heterocycles. The van der Waals surface area contributed by atoms with E-state index < -0.39 is 11.8 Å². The second kappa shape index (κ2) is 7.09. The molecule has 0 aliphatic heterocycles. The van der Waals surface area contributed by atoms with Gasteiger partial charge in [0.1, 0.15) is 0 Å². The summed E-state index contributed by atoms with van der Waals surface area (Å²) >= 11 is 5.99. The Labute approximate surface area is 134 Å². The van der Waals surface area contributed by atoms with Gasteiger partial charge in [0.25, 0.3) is 0 Å². The van der Waals surface area contributed by atoms with Gasteiger partial charge in [0.05, 0.1) is 6.04 Å². The standard InChI is InChI=1S/C17H17ClN2O2/c1-11-8-9-14(10-15(11)18)20-17(22)16(21)19-12(2)13-6-4-3-5-7-13/h3-10,12H,1-2H3,(H,19,21)(H,20,22)/t12-/m1/s1. The molecule has 114 valence electrons. The molecular formula is C17H17ClN2O2. The number of benzene rings is 2. The van der Waals surface area contributed by atoms with Gasteiger partial charge >= 0.3 is 11.8 Å². The number of halogens is 1. The number of anilines is 1. The molecule has 0 bridgehead atoms. The van der Waals surface area contributed by atoms with Crippen LogP contribution in [0.25, 0.3) is 0 Å². The number of aryl methyl sites for hydroxylation is 1. The maximum Gasteiger partial charge on any atom is 0.313 e. The van der Waals surface area contributed by atoms with Crippen LogP contribution in [0.2, 0.25) is 5.02 Å². The van der Waals surface area contributed by atoms with Crippen molar-refractivity contribution in [2.24, 2.45) is 0 Å². The minimum absolute atomic E-state index is 0.249. The van der Waals surface area contributed by atoms with Crippen LogP contribution in [0.5, 0.6) is 0 Å². The summed E-state index contributed by atoms with van der Waals surface area (Å²) in [5, 5.41) is 5.73. The molecule has 0 unspecified atom stereocenters. The van der Waals surface area contributed by atoms with Crippen LogP contribution < -0.4 is 10.6 Å². The molecule has 0 saturated carbocycles. The molecule has 0 aliphatic rings. The SMILES string of the molecule is Cc1ccc(NC(=O)C(=O)N[C@H](C)c2ccccc2)cc1Cl. The average Bonchev–Trinajstić information content (AvgIpc) is 2.51. The summed E-state index contributed by atoms with van der Waals surface area (Å²) in [5.74, 6) is -1.41. The van der Waals surface area contributed by atoms with E-state index in [9.17, 15) is 9.59 Å². The average molecular weight is 317 g/mol. The van der Waals surface area contributed by atoms with E-state index in [1.807, 2.05) is 44.2 Å². The first-order chi connectivity index (χ1) is 10.5. The fourth-order valence-electron chi connectivity index (χ4n) is 1.95. The summed E-state index contributed by atoms with van der Waals surface area (Å²) in [6.07, 6.45) is 0. The van der Waals surface area contributed by atoms with E-state index in [0.717, 1.165) is 11.1 Å². The molecule has 22 heavy (non-hydrogen) atoms. The Morgan fingerprint density at radius 3 is 2.36 bits per heavy atom. The maximum atomic E-state index is 11.9. The van der Waals surface area contributed by atoms with Crippen LogP contribution in [0, 0.1) is 6.92 Å².